The lowest BCUT2D eigenvalue weighted by molar-refractivity contribution is -0.120. The van der Waals surface area contributed by atoms with Crippen LogP contribution >= 0.6 is 11.3 Å². The summed E-state index contributed by atoms with van der Waals surface area (Å²) in [5, 5.41) is 6.40. The zero-order valence-corrected chi connectivity index (χ0v) is 16.7. The zero-order chi connectivity index (χ0) is 20.2. The highest BCUT2D eigenvalue weighted by atomic mass is 32.1. The first kappa shape index (κ1) is 19.1. The molecular formula is C22H20FN3O2S. The number of aromatic nitrogens is 2. The van der Waals surface area contributed by atoms with Crippen molar-refractivity contribution >= 4 is 28.1 Å². The van der Waals surface area contributed by atoms with E-state index in [1.54, 1.807) is 30.7 Å². The molecule has 2 heterocycles. The van der Waals surface area contributed by atoms with Gasteiger partial charge in [0.25, 0.3) is 0 Å². The predicted molar refractivity (Wildman–Crippen MR) is 113 cm³/mol. The molecule has 0 spiro atoms. The second kappa shape index (κ2) is 8.45. The Labute approximate surface area is 171 Å². The van der Waals surface area contributed by atoms with E-state index < -0.39 is 0 Å². The highest BCUT2D eigenvalue weighted by Gasteiger charge is 2.11. The van der Waals surface area contributed by atoms with Crippen molar-refractivity contribution in [2.45, 2.75) is 13.0 Å². The van der Waals surface area contributed by atoms with E-state index in [4.69, 9.17) is 4.74 Å². The molecule has 0 bridgehead atoms. The molecule has 0 unspecified atom stereocenters. The second-order valence-electron chi connectivity index (χ2n) is 6.58. The summed E-state index contributed by atoms with van der Waals surface area (Å²) in [6.45, 7) is 1.18. The van der Waals surface area contributed by atoms with Crippen molar-refractivity contribution in [3.05, 3.63) is 71.6 Å². The quantitative estimate of drug-likeness (QED) is 0.496. The van der Waals surface area contributed by atoms with E-state index in [1.807, 2.05) is 30.5 Å². The molecule has 0 aliphatic carbocycles. The summed E-state index contributed by atoms with van der Waals surface area (Å²) < 4.78 is 21.2. The number of amides is 1. The van der Waals surface area contributed by atoms with Crippen molar-refractivity contribution < 1.29 is 13.9 Å². The van der Waals surface area contributed by atoms with Crippen LogP contribution in [0.3, 0.4) is 0 Å². The maximum absolute atomic E-state index is 13.9. The van der Waals surface area contributed by atoms with Gasteiger partial charge in [-0.25, -0.2) is 9.37 Å². The number of halogens is 1. The molecule has 4 rings (SSSR count). The first-order chi connectivity index (χ1) is 14.1. The van der Waals surface area contributed by atoms with Gasteiger partial charge < -0.3 is 14.6 Å². The zero-order valence-electron chi connectivity index (χ0n) is 15.9. The van der Waals surface area contributed by atoms with Gasteiger partial charge in [-0.2, -0.15) is 0 Å². The van der Waals surface area contributed by atoms with Gasteiger partial charge in [0.2, 0.25) is 5.91 Å². The highest BCUT2D eigenvalue weighted by Crippen LogP contribution is 2.26. The predicted octanol–water partition coefficient (Wildman–Crippen LogP) is 4.27. The number of hydrogen-bond acceptors (Lipinski definition) is 4. The van der Waals surface area contributed by atoms with Gasteiger partial charge in [0.05, 0.1) is 19.2 Å². The number of thiazole rings is 1. The molecule has 0 aliphatic rings. The maximum Gasteiger partial charge on any atom is 0.226 e. The van der Waals surface area contributed by atoms with Crippen LogP contribution in [0.4, 0.5) is 4.39 Å². The van der Waals surface area contributed by atoms with E-state index in [9.17, 15) is 9.18 Å². The molecule has 29 heavy (non-hydrogen) atoms. The summed E-state index contributed by atoms with van der Waals surface area (Å²) >= 11 is 1.34. The summed E-state index contributed by atoms with van der Waals surface area (Å²) in [5.74, 6) is 0.407. The lowest BCUT2D eigenvalue weighted by Crippen LogP contribution is -2.28. The summed E-state index contributed by atoms with van der Waals surface area (Å²) in [6, 6.07) is 14.5. The SMILES string of the molecule is COc1ccc2c(ccn2CCNC(=O)Cc2csc(-c3ccccc3F)n2)c1. The van der Waals surface area contributed by atoms with Crippen LogP contribution in [0.2, 0.25) is 0 Å². The van der Waals surface area contributed by atoms with E-state index in [1.165, 1.54) is 17.4 Å². The number of methoxy groups -OCH3 is 1. The summed E-state index contributed by atoms with van der Waals surface area (Å²) in [6.07, 6.45) is 2.17. The van der Waals surface area contributed by atoms with Crippen molar-refractivity contribution in [3.8, 4) is 16.3 Å². The number of ether oxygens (including phenoxy) is 1. The molecule has 0 saturated carbocycles. The monoisotopic (exact) mass is 409 g/mol. The van der Waals surface area contributed by atoms with Gasteiger partial charge in [0, 0.05) is 41.1 Å². The van der Waals surface area contributed by atoms with Crippen LogP contribution in [0.25, 0.3) is 21.5 Å². The number of fused-ring (bicyclic) bond motifs is 1. The molecule has 1 amide bonds. The highest BCUT2D eigenvalue weighted by molar-refractivity contribution is 7.13. The molecule has 5 nitrogen and oxygen atoms in total. The first-order valence-corrected chi connectivity index (χ1v) is 10.1. The summed E-state index contributed by atoms with van der Waals surface area (Å²) in [7, 11) is 1.65. The van der Waals surface area contributed by atoms with Gasteiger partial charge in [0.15, 0.2) is 0 Å². The third kappa shape index (κ3) is 4.30. The fourth-order valence-electron chi connectivity index (χ4n) is 3.19. The topological polar surface area (TPSA) is 56.1 Å². The van der Waals surface area contributed by atoms with Gasteiger partial charge in [-0.1, -0.05) is 12.1 Å². The third-order valence-corrected chi connectivity index (χ3v) is 5.58. The molecule has 148 valence electrons. The normalized spacial score (nSPS) is 11.0. The number of carbonyl (C=O) groups excluding carboxylic acids is 1. The van der Waals surface area contributed by atoms with Gasteiger partial charge in [-0.3, -0.25) is 4.79 Å². The molecule has 4 aromatic rings. The van der Waals surface area contributed by atoms with Crippen molar-refractivity contribution in [2.24, 2.45) is 0 Å². The molecule has 2 aromatic carbocycles. The van der Waals surface area contributed by atoms with Crippen molar-refractivity contribution in [3.63, 3.8) is 0 Å². The second-order valence-corrected chi connectivity index (χ2v) is 7.44. The number of nitrogens with zero attached hydrogens (tertiary/aromatic N) is 2. The van der Waals surface area contributed by atoms with Crippen molar-refractivity contribution in [1.82, 2.24) is 14.9 Å². The number of hydrogen-bond donors (Lipinski definition) is 1. The van der Waals surface area contributed by atoms with Crippen LogP contribution in [0.5, 0.6) is 5.75 Å². The van der Waals surface area contributed by atoms with Gasteiger partial charge >= 0.3 is 0 Å². The molecule has 0 saturated heterocycles. The number of nitrogens with one attached hydrogen (secondary N) is 1. The minimum absolute atomic E-state index is 0.103. The largest absolute Gasteiger partial charge is 0.497 e. The van der Waals surface area contributed by atoms with Gasteiger partial charge in [-0.15, -0.1) is 11.3 Å². The minimum atomic E-state index is -0.311. The van der Waals surface area contributed by atoms with Crippen LogP contribution in [-0.2, 0) is 17.8 Å². The van der Waals surface area contributed by atoms with E-state index in [0.29, 0.717) is 29.4 Å². The maximum atomic E-state index is 13.9. The molecule has 7 heteroatoms. The standard InChI is InChI=1S/C22H20FN3O2S/c1-28-17-6-7-20-15(12-17)8-10-26(20)11-9-24-21(27)13-16-14-29-22(25-16)18-4-2-3-5-19(18)23/h2-8,10,12,14H,9,11,13H2,1H3,(H,24,27). The Morgan fingerprint density at radius 1 is 1.24 bits per heavy atom. The Balaban J connectivity index is 1.32. The van der Waals surface area contributed by atoms with E-state index in [-0.39, 0.29) is 18.1 Å². The van der Waals surface area contributed by atoms with E-state index in [2.05, 4.69) is 14.9 Å². The lowest BCUT2D eigenvalue weighted by Gasteiger charge is -2.08. The average molecular weight is 409 g/mol. The molecule has 0 radical (unpaired) electrons. The molecule has 0 fully saturated rings. The Bertz CT molecular complexity index is 1150. The molecule has 0 aliphatic heterocycles. The first-order valence-electron chi connectivity index (χ1n) is 9.23. The van der Waals surface area contributed by atoms with Gasteiger partial charge in [0.1, 0.15) is 16.6 Å². The number of rotatable bonds is 7. The van der Waals surface area contributed by atoms with Crippen LogP contribution < -0.4 is 10.1 Å². The Hall–Kier alpha value is -3.19. The third-order valence-electron chi connectivity index (χ3n) is 4.65. The average Bonchev–Trinajstić information content (AvgIpc) is 3.35. The summed E-state index contributed by atoms with van der Waals surface area (Å²) in [4.78, 5) is 16.7. The molecule has 1 N–H and O–H groups in total. The Kier molecular flexibility index (Phi) is 5.57. The Morgan fingerprint density at radius 2 is 2.10 bits per heavy atom. The smallest absolute Gasteiger partial charge is 0.226 e. The molecule has 0 atom stereocenters. The summed E-state index contributed by atoms with van der Waals surface area (Å²) in [5.41, 5.74) is 2.19. The molecular weight excluding hydrogens is 389 g/mol. The lowest BCUT2D eigenvalue weighted by atomic mass is 10.2. The Morgan fingerprint density at radius 3 is 2.93 bits per heavy atom. The van der Waals surface area contributed by atoms with E-state index >= 15 is 0 Å². The number of benzene rings is 2. The molecule has 2 aromatic heterocycles. The van der Waals surface area contributed by atoms with E-state index in [0.717, 1.165) is 16.7 Å². The van der Waals surface area contributed by atoms with Crippen LogP contribution in [0.1, 0.15) is 5.69 Å². The van der Waals surface area contributed by atoms with Crippen LogP contribution in [0.15, 0.2) is 60.1 Å². The number of carbonyl (C=O) groups is 1. The fourth-order valence-corrected chi connectivity index (χ4v) is 4.04. The fraction of sp³-hybridized carbons (Fsp3) is 0.182. The van der Waals surface area contributed by atoms with Crippen molar-refractivity contribution in [1.29, 1.82) is 0 Å². The van der Waals surface area contributed by atoms with Crippen molar-refractivity contribution in [2.75, 3.05) is 13.7 Å². The van der Waals surface area contributed by atoms with Gasteiger partial charge in [-0.05, 0) is 36.4 Å². The minimum Gasteiger partial charge on any atom is -0.497 e. The van der Waals surface area contributed by atoms with Crippen LogP contribution in [-0.4, -0.2) is 29.1 Å². The van der Waals surface area contributed by atoms with Crippen LogP contribution in [0, 0.1) is 5.82 Å².